The van der Waals surface area contributed by atoms with E-state index in [4.69, 9.17) is 5.26 Å². The maximum atomic E-state index is 10.4. The topological polar surface area (TPSA) is 60.1 Å². The van der Waals surface area contributed by atoms with E-state index in [1.54, 1.807) is 0 Å². The van der Waals surface area contributed by atoms with E-state index in [0.29, 0.717) is 5.56 Å². The molecular formula is C17H23N3O. The lowest BCUT2D eigenvalue weighted by molar-refractivity contribution is 0.0408. The molecule has 1 aromatic heterocycles. The molecule has 112 valence electrons. The zero-order valence-electron chi connectivity index (χ0n) is 12.9. The molecule has 1 aliphatic heterocycles. The first kappa shape index (κ1) is 14.3. The molecule has 1 aliphatic carbocycles. The van der Waals surface area contributed by atoms with Crippen LogP contribution in [-0.2, 0) is 0 Å². The molecule has 4 heteroatoms. The molecule has 2 atom stereocenters. The van der Waals surface area contributed by atoms with Gasteiger partial charge >= 0.3 is 0 Å². The SMILES string of the molecule is Cc1cc(N2CCC[C@]3(CCC[C@H]3O)C2)nc(C)c1C#N. The fourth-order valence-electron chi connectivity index (χ4n) is 4.09. The summed E-state index contributed by atoms with van der Waals surface area (Å²) in [7, 11) is 0. The van der Waals surface area contributed by atoms with E-state index in [1.165, 1.54) is 0 Å². The van der Waals surface area contributed by atoms with Crippen LogP contribution in [0.4, 0.5) is 5.82 Å². The van der Waals surface area contributed by atoms with Crippen molar-refractivity contribution in [3.8, 4) is 6.07 Å². The number of hydrogen-bond donors (Lipinski definition) is 1. The molecule has 3 rings (SSSR count). The van der Waals surface area contributed by atoms with Crippen LogP contribution in [0.5, 0.6) is 0 Å². The Hall–Kier alpha value is -1.60. The Balaban J connectivity index is 1.89. The second-order valence-electron chi connectivity index (χ2n) is 6.67. The summed E-state index contributed by atoms with van der Waals surface area (Å²) in [5.41, 5.74) is 2.55. The molecule has 1 saturated heterocycles. The van der Waals surface area contributed by atoms with Crippen LogP contribution in [0.2, 0.25) is 0 Å². The average Bonchev–Trinajstić information content (AvgIpc) is 2.79. The predicted octanol–water partition coefficient (Wildman–Crippen LogP) is 2.70. The number of nitriles is 1. The largest absolute Gasteiger partial charge is 0.392 e. The van der Waals surface area contributed by atoms with Crippen LogP contribution >= 0.6 is 0 Å². The van der Waals surface area contributed by atoms with Crippen LogP contribution < -0.4 is 4.90 Å². The van der Waals surface area contributed by atoms with Crippen molar-refractivity contribution in [2.75, 3.05) is 18.0 Å². The van der Waals surface area contributed by atoms with Gasteiger partial charge in [-0.2, -0.15) is 5.26 Å². The molecule has 0 aromatic carbocycles. The lowest BCUT2D eigenvalue weighted by atomic mass is 9.76. The third-order valence-corrected chi connectivity index (χ3v) is 5.29. The van der Waals surface area contributed by atoms with Crippen molar-refractivity contribution < 1.29 is 5.11 Å². The van der Waals surface area contributed by atoms with E-state index in [2.05, 4.69) is 16.0 Å². The molecule has 1 N–H and O–H groups in total. The quantitative estimate of drug-likeness (QED) is 0.862. The molecule has 2 aliphatic rings. The average molecular weight is 285 g/mol. The van der Waals surface area contributed by atoms with Gasteiger partial charge < -0.3 is 10.0 Å². The van der Waals surface area contributed by atoms with E-state index in [9.17, 15) is 5.11 Å². The van der Waals surface area contributed by atoms with Gasteiger partial charge in [0.2, 0.25) is 0 Å². The number of hydrogen-bond acceptors (Lipinski definition) is 4. The molecular weight excluding hydrogens is 262 g/mol. The van der Waals surface area contributed by atoms with Gasteiger partial charge in [0.25, 0.3) is 0 Å². The zero-order valence-corrected chi connectivity index (χ0v) is 12.9. The van der Waals surface area contributed by atoms with Crippen molar-refractivity contribution in [3.63, 3.8) is 0 Å². The van der Waals surface area contributed by atoms with E-state index in [1.807, 2.05) is 19.9 Å². The van der Waals surface area contributed by atoms with Gasteiger partial charge in [-0.1, -0.05) is 6.42 Å². The monoisotopic (exact) mass is 285 g/mol. The Morgan fingerprint density at radius 2 is 2.14 bits per heavy atom. The van der Waals surface area contributed by atoms with Crippen molar-refractivity contribution in [2.45, 2.75) is 52.1 Å². The van der Waals surface area contributed by atoms with Crippen LogP contribution in [-0.4, -0.2) is 29.3 Å². The lowest BCUT2D eigenvalue weighted by Crippen LogP contribution is -2.47. The standard InChI is InChI=1S/C17H23N3O/c1-12-9-16(19-13(2)14(12)10-18)20-8-4-7-17(11-20)6-3-5-15(17)21/h9,15,21H,3-8,11H2,1-2H3/t15-,17-/m1/s1. The highest BCUT2D eigenvalue weighted by Crippen LogP contribution is 2.45. The summed E-state index contributed by atoms with van der Waals surface area (Å²) >= 11 is 0. The minimum Gasteiger partial charge on any atom is -0.392 e. The molecule has 2 heterocycles. The number of anilines is 1. The highest BCUT2D eigenvalue weighted by molar-refractivity contribution is 5.50. The number of aromatic nitrogens is 1. The number of aliphatic hydroxyl groups excluding tert-OH is 1. The van der Waals surface area contributed by atoms with Crippen molar-refractivity contribution in [1.82, 2.24) is 4.98 Å². The molecule has 2 fully saturated rings. The van der Waals surface area contributed by atoms with E-state index in [0.717, 1.165) is 62.3 Å². The number of rotatable bonds is 1. The summed E-state index contributed by atoms with van der Waals surface area (Å²) < 4.78 is 0. The van der Waals surface area contributed by atoms with Gasteiger partial charge in [0.1, 0.15) is 11.9 Å². The summed E-state index contributed by atoms with van der Waals surface area (Å²) in [6, 6.07) is 4.25. The molecule has 0 amide bonds. The molecule has 0 radical (unpaired) electrons. The number of piperidine rings is 1. The number of pyridine rings is 1. The number of aliphatic hydroxyl groups is 1. The molecule has 21 heavy (non-hydrogen) atoms. The van der Waals surface area contributed by atoms with Crippen LogP contribution in [0.1, 0.15) is 48.9 Å². The maximum Gasteiger partial charge on any atom is 0.129 e. The summed E-state index contributed by atoms with van der Waals surface area (Å²) in [4.78, 5) is 6.93. The Kier molecular flexibility index (Phi) is 3.62. The first-order chi connectivity index (χ1) is 10.1. The van der Waals surface area contributed by atoms with Crippen molar-refractivity contribution in [2.24, 2.45) is 5.41 Å². The summed E-state index contributed by atoms with van der Waals surface area (Å²) in [6.45, 7) is 5.76. The van der Waals surface area contributed by atoms with Gasteiger partial charge in [0, 0.05) is 18.5 Å². The minimum absolute atomic E-state index is 0.0651. The Labute approximate surface area is 126 Å². The van der Waals surface area contributed by atoms with Crippen molar-refractivity contribution >= 4 is 5.82 Å². The second-order valence-corrected chi connectivity index (χ2v) is 6.67. The Bertz CT molecular complexity index is 569. The third-order valence-electron chi connectivity index (χ3n) is 5.29. The van der Waals surface area contributed by atoms with Crippen LogP contribution in [0, 0.1) is 30.6 Å². The molecule has 1 spiro atoms. The summed E-state index contributed by atoms with van der Waals surface area (Å²) in [5.74, 6) is 0.960. The number of aryl methyl sites for hydroxylation is 2. The molecule has 4 nitrogen and oxygen atoms in total. The van der Waals surface area contributed by atoms with Crippen molar-refractivity contribution in [1.29, 1.82) is 5.26 Å². The smallest absolute Gasteiger partial charge is 0.129 e. The van der Waals surface area contributed by atoms with Gasteiger partial charge in [0.15, 0.2) is 0 Å². The highest BCUT2D eigenvalue weighted by Gasteiger charge is 2.45. The van der Waals surface area contributed by atoms with Gasteiger partial charge in [-0.15, -0.1) is 0 Å². The maximum absolute atomic E-state index is 10.4. The second kappa shape index (κ2) is 5.31. The molecule has 1 aromatic rings. The van der Waals surface area contributed by atoms with E-state index >= 15 is 0 Å². The van der Waals surface area contributed by atoms with Crippen LogP contribution in [0.25, 0.3) is 0 Å². The Morgan fingerprint density at radius 3 is 2.76 bits per heavy atom. The normalized spacial score (nSPS) is 28.9. The molecule has 0 unspecified atom stereocenters. The minimum atomic E-state index is -0.166. The summed E-state index contributed by atoms with van der Waals surface area (Å²) in [6.07, 6.45) is 5.26. The van der Waals surface area contributed by atoms with E-state index in [-0.39, 0.29) is 11.5 Å². The van der Waals surface area contributed by atoms with Gasteiger partial charge in [-0.05, 0) is 51.2 Å². The van der Waals surface area contributed by atoms with Crippen LogP contribution in [0.15, 0.2) is 6.07 Å². The van der Waals surface area contributed by atoms with Crippen LogP contribution in [0.3, 0.4) is 0 Å². The fourth-order valence-corrected chi connectivity index (χ4v) is 4.09. The summed E-state index contributed by atoms with van der Waals surface area (Å²) in [5, 5.41) is 19.5. The Morgan fingerprint density at radius 1 is 1.38 bits per heavy atom. The molecule has 0 bridgehead atoms. The fraction of sp³-hybridized carbons (Fsp3) is 0.647. The first-order valence-corrected chi connectivity index (χ1v) is 7.87. The van der Waals surface area contributed by atoms with Gasteiger partial charge in [-0.3, -0.25) is 0 Å². The highest BCUT2D eigenvalue weighted by atomic mass is 16.3. The van der Waals surface area contributed by atoms with Crippen molar-refractivity contribution in [3.05, 3.63) is 22.9 Å². The van der Waals surface area contributed by atoms with Gasteiger partial charge in [0.05, 0.1) is 17.4 Å². The lowest BCUT2D eigenvalue weighted by Gasteiger charge is -2.43. The van der Waals surface area contributed by atoms with Gasteiger partial charge in [-0.25, -0.2) is 4.98 Å². The van der Waals surface area contributed by atoms with E-state index < -0.39 is 0 Å². The first-order valence-electron chi connectivity index (χ1n) is 7.87. The predicted molar refractivity (Wildman–Crippen MR) is 82.2 cm³/mol. The zero-order chi connectivity index (χ0) is 15.0. The number of nitrogens with zero attached hydrogens (tertiary/aromatic N) is 3. The third kappa shape index (κ3) is 2.40. The molecule has 1 saturated carbocycles.